The lowest BCUT2D eigenvalue weighted by Crippen LogP contribution is -2.48. The van der Waals surface area contributed by atoms with Crippen LogP contribution in [0.25, 0.3) is 0 Å². The zero-order valence-electron chi connectivity index (χ0n) is 9.00. The molecule has 0 atom stereocenters. The Kier molecular flexibility index (Phi) is 3.30. The minimum atomic E-state index is -0.259. The highest BCUT2D eigenvalue weighted by atomic mass is 79.9. The predicted molar refractivity (Wildman–Crippen MR) is 68.2 cm³/mol. The third-order valence-electron chi connectivity index (χ3n) is 3.01. The van der Waals surface area contributed by atoms with Gasteiger partial charge in [0.2, 0.25) is 5.91 Å². The second kappa shape index (κ2) is 4.55. The maximum absolute atomic E-state index is 11.8. The summed E-state index contributed by atoms with van der Waals surface area (Å²) >= 11 is 3.39. The number of benzene rings is 1. The number of carbonyl (C=O) groups is 1. The first-order chi connectivity index (χ1) is 7.59. The molecule has 1 fully saturated rings. The highest BCUT2D eigenvalue weighted by molar-refractivity contribution is 9.10. The number of carbonyl (C=O) groups excluding carboxylic acids is 1. The van der Waals surface area contributed by atoms with Crippen molar-refractivity contribution < 1.29 is 4.79 Å². The van der Waals surface area contributed by atoms with Crippen LogP contribution in [-0.4, -0.2) is 11.4 Å². The molecule has 1 aliphatic rings. The van der Waals surface area contributed by atoms with Crippen molar-refractivity contribution in [3.63, 3.8) is 0 Å². The van der Waals surface area contributed by atoms with E-state index in [0.29, 0.717) is 6.42 Å². The van der Waals surface area contributed by atoms with Gasteiger partial charge in [0.25, 0.3) is 0 Å². The summed E-state index contributed by atoms with van der Waals surface area (Å²) in [5.74, 6) is -0.00546. The third-order valence-corrected chi connectivity index (χ3v) is 3.70. The summed E-state index contributed by atoms with van der Waals surface area (Å²) < 4.78 is 0.892. The first-order valence-corrected chi connectivity index (χ1v) is 6.22. The standard InChI is InChI=1S/C12H15BrN2O/c13-9-4-1-2-5-10(9)15-11(16)8-12(14)6-3-7-12/h1-2,4-5H,3,6-8,14H2,(H,15,16). The second-order valence-corrected chi connectivity index (χ2v) is 5.28. The summed E-state index contributed by atoms with van der Waals surface area (Å²) in [6, 6.07) is 7.57. The normalized spacial score (nSPS) is 17.6. The lowest BCUT2D eigenvalue weighted by molar-refractivity contribution is -0.118. The van der Waals surface area contributed by atoms with Gasteiger partial charge in [0.15, 0.2) is 0 Å². The SMILES string of the molecule is NC1(CC(=O)Nc2ccccc2Br)CCC1. The van der Waals surface area contributed by atoms with Gasteiger partial charge in [0, 0.05) is 16.4 Å². The van der Waals surface area contributed by atoms with E-state index in [1.165, 1.54) is 0 Å². The van der Waals surface area contributed by atoms with E-state index in [1.807, 2.05) is 24.3 Å². The summed E-state index contributed by atoms with van der Waals surface area (Å²) in [5.41, 5.74) is 6.57. The number of nitrogens with two attached hydrogens (primary N) is 1. The lowest BCUT2D eigenvalue weighted by atomic mass is 9.75. The van der Waals surface area contributed by atoms with E-state index in [4.69, 9.17) is 5.73 Å². The van der Waals surface area contributed by atoms with Crippen LogP contribution in [0.5, 0.6) is 0 Å². The van der Waals surface area contributed by atoms with Crippen molar-refractivity contribution in [1.29, 1.82) is 0 Å². The Hall–Kier alpha value is -0.870. The third kappa shape index (κ3) is 2.62. The van der Waals surface area contributed by atoms with Crippen molar-refractivity contribution in [3.05, 3.63) is 28.7 Å². The maximum atomic E-state index is 11.8. The van der Waals surface area contributed by atoms with E-state index in [0.717, 1.165) is 29.4 Å². The number of nitrogens with one attached hydrogen (secondary N) is 1. The van der Waals surface area contributed by atoms with Gasteiger partial charge in [0.1, 0.15) is 0 Å². The van der Waals surface area contributed by atoms with Gasteiger partial charge in [-0.05, 0) is 47.3 Å². The van der Waals surface area contributed by atoms with Gasteiger partial charge in [-0.2, -0.15) is 0 Å². The molecular weight excluding hydrogens is 268 g/mol. The molecule has 0 radical (unpaired) electrons. The van der Waals surface area contributed by atoms with Crippen molar-refractivity contribution in [1.82, 2.24) is 0 Å². The summed E-state index contributed by atoms with van der Waals surface area (Å²) in [5, 5.41) is 2.87. The molecule has 0 saturated heterocycles. The fourth-order valence-electron chi connectivity index (χ4n) is 1.88. The zero-order chi connectivity index (χ0) is 11.6. The molecule has 0 unspecified atom stereocenters. The molecule has 0 aliphatic heterocycles. The van der Waals surface area contributed by atoms with Crippen LogP contribution in [0.15, 0.2) is 28.7 Å². The Balaban J connectivity index is 1.95. The Bertz CT molecular complexity index is 402. The van der Waals surface area contributed by atoms with Crippen molar-refractivity contribution in [2.45, 2.75) is 31.2 Å². The van der Waals surface area contributed by atoms with Crippen LogP contribution in [-0.2, 0) is 4.79 Å². The molecule has 1 aliphatic carbocycles. The minimum absolute atomic E-state index is 0.00546. The molecule has 0 aromatic heterocycles. The number of rotatable bonds is 3. The lowest BCUT2D eigenvalue weighted by Gasteiger charge is -2.37. The quantitative estimate of drug-likeness (QED) is 0.896. The topological polar surface area (TPSA) is 55.1 Å². The molecule has 1 aromatic carbocycles. The Morgan fingerprint density at radius 1 is 1.44 bits per heavy atom. The number of hydrogen-bond acceptors (Lipinski definition) is 2. The maximum Gasteiger partial charge on any atom is 0.226 e. The largest absolute Gasteiger partial charge is 0.325 e. The van der Waals surface area contributed by atoms with Crippen molar-refractivity contribution >= 4 is 27.5 Å². The average molecular weight is 283 g/mol. The molecule has 3 N–H and O–H groups in total. The number of amides is 1. The summed E-state index contributed by atoms with van der Waals surface area (Å²) in [6.07, 6.45) is 3.46. The van der Waals surface area contributed by atoms with Crippen molar-refractivity contribution in [2.75, 3.05) is 5.32 Å². The summed E-state index contributed by atoms with van der Waals surface area (Å²) in [6.45, 7) is 0. The van der Waals surface area contributed by atoms with E-state index in [1.54, 1.807) is 0 Å². The number of anilines is 1. The van der Waals surface area contributed by atoms with Gasteiger partial charge < -0.3 is 11.1 Å². The second-order valence-electron chi connectivity index (χ2n) is 4.42. The van der Waals surface area contributed by atoms with Crippen LogP contribution in [0.3, 0.4) is 0 Å². The molecule has 3 nitrogen and oxygen atoms in total. The van der Waals surface area contributed by atoms with Crippen molar-refractivity contribution in [2.24, 2.45) is 5.73 Å². The van der Waals surface area contributed by atoms with Gasteiger partial charge in [-0.15, -0.1) is 0 Å². The van der Waals surface area contributed by atoms with E-state index < -0.39 is 0 Å². The van der Waals surface area contributed by atoms with E-state index in [9.17, 15) is 4.79 Å². The smallest absolute Gasteiger partial charge is 0.226 e. The molecule has 1 aromatic rings. The summed E-state index contributed by atoms with van der Waals surface area (Å²) in [7, 11) is 0. The Morgan fingerprint density at radius 2 is 2.12 bits per heavy atom. The van der Waals surface area contributed by atoms with Crippen LogP contribution in [0.2, 0.25) is 0 Å². The van der Waals surface area contributed by atoms with E-state index in [2.05, 4.69) is 21.2 Å². The number of halogens is 1. The molecule has 0 heterocycles. The van der Waals surface area contributed by atoms with Crippen LogP contribution in [0.4, 0.5) is 5.69 Å². The molecule has 0 bridgehead atoms. The molecule has 16 heavy (non-hydrogen) atoms. The molecule has 86 valence electrons. The Labute approximate surface area is 104 Å². The highest BCUT2D eigenvalue weighted by Gasteiger charge is 2.34. The monoisotopic (exact) mass is 282 g/mol. The van der Waals surface area contributed by atoms with Crippen LogP contribution >= 0.6 is 15.9 Å². The number of hydrogen-bond donors (Lipinski definition) is 2. The van der Waals surface area contributed by atoms with Crippen molar-refractivity contribution in [3.8, 4) is 0 Å². The first-order valence-electron chi connectivity index (χ1n) is 5.42. The van der Waals surface area contributed by atoms with Gasteiger partial charge in [-0.1, -0.05) is 12.1 Å². The van der Waals surface area contributed by atoms with Crippen LogP contribution in [0, 0.1) is 0 Å². The molecule has 2 rings (SSSR count). The molecule has 1 amide bonds. The molecule has 0 spiro atoms. The van der Waals surface area contributed by atoms with E-state index >= 15 is 0 Å². The zero-order valence-corrected chi connectivity index (χ0v) is 10.6. The Morgan fingerprint density at radius 3 is 2.69 bits per heavy atom. The van der Waals surface area contributed by atoms with Gasteiger partial charge in [0.05, 0.1) is 5.69 Å². The van der Waals surface area contributed by atoms with Gasteiger partial charge in [-0.3, -0.25) is 4.79 Å². The average Bonchev–Trinajstić information content (AvgIpc) is 2.19. The van der Waals surface area contributed by atoms with Gasteiger partial charge >= 0.3 is 0 Å². The molecular formula is C12H15BrN2O. The fraction of sp³-hybridized carbons (Fsp3) is 0.417. The minimum Gasteiger partial charge on any atom is -0.325 e. The first kappa shape index (κ1) is 11.6. The number of para-hydroxylation sites is 1. The van der Waals surface area contributed by atoms with Crippen LogP contribution in [0.1, 0.15) is 25.7 Å². The molecule has 4 heteroatoms. The summed E-state index contributed by atoms with van der Waals surface area (Å²) in [4.78, 5) is 11.8. The van der Waals surface area contributed by atoms with E-state index in [-0.39, 0.29) is 11.4 Å². The molecule has 1 saturated carbocycles. The predicted octanol–water partition coefficient (Wildman–Crippen LogP) is 2.66. The fourth-order valence-corrected chi connectivity index (χ4v) is 2.27. The van der Waals surface area contributed by atoms with Crippen LogP contribution < -0.4 is 11.1 Å². The van der Waals surface area contributed by atoms with Gasteiger partial charge in [-0.25, -0.2) is 0 Å². The highest BCUT2D eigenvalue weighted by Crippen LogP contribution is 2.32.